The molecule has 5 heteroatoms. The van der Waals surface area contributed by atoms with Gasteiger partial charge >= 0.3 is 0 Å². The molecular formula is C23H20N4O. The van der Waals surface area contributed by atoms with Crippen LogP contribution in [0.1, 0.15) is 16.8 Å². The van der Waals surface area contributed by atoms with Gasteiger partial charge in [0.2, 0.25) is 0 Å². The van der Waals surface area contributed by atoms with Gasteiger partial charge in [0.15, 0.2) is 0 Å². The largest absolute Gasteiger partial charge is 0.497 e. The first-order chi connectivity index (χ1) is 13.7. The maximum Gasteiger partial charge on any atom is 0.147 e. The standard InChI is InChI=1S/C23H20N4O/c1-16-14-22(25-21-15-18(28-2)11-12-19(16)21)26-27-23(17-8-4-3-5-9-17)20-10-6-7-13-24-20/h3-15H,1-2H3,(H,25,26)/b27-23-. The lowest BCUT2D eigenvalue weighted by Crippen LogP contribution is -2.09. The third-order valence-electron chi connectivity index (χ3n) is 4.46. The van der Waals surface area contributed by atoms with E-state index >= 15 is 0 Å². The summed E-state index contributed by atoms with van der Waals surface area (Å²) in [7, 11) is 1.65. The highest BCUT2D eigenvalue weighted by Gasteiger charge is 2.09. The molecule has 4 aromatic rings. The number of aryl methyl sites for hydroxylation is 1. The van der Waals surface area contributed by atoms with Gasteiger partial charge in [-0.15, -0.1) is 0 Å². The lowest BCUT2D eigenvalue weighted by atomic mass is 10.1. The summed E-state index contributed by atoms with van der Waals surface area (Å²) in [6.45, 7) is 2.06. The fourth-order valence-corrected chi connectivity index (χ4v) is 3.05. The van der Waals surface area contributed by atoms with E-state index in [1.54, 1.807) is 13.3 Å². The van der Waals surface area contributed by atoms with E-state index in [0.717, 1.165) is 39.2 Å². The van der Waals surface area contributed by atoms with E-state index in [2.05, 4.69) is 27.4 Å². The SMILES string of the molecule is COc1ccc2c(C)cc(N/N=C(/c3ccccc3)c3ccccn3)nc2c1. The second kappa shape index (κ2) is 7.88. The van der Waals surface area contributed by atoms with Gasteiger partial charge in [-0.25, -0.2) is 4.98 Å². The van der Waals surface area contributed by atoms with Crippen LogP contribution >= 0.6 is 0 Å². The number of benzene rings is 2. The molecule has 2 heterocycles. The molecule has 0 aliphatic heterocycles. The Morgan fingerprint density at radius 3 is 2.54 bits per heavy atom. The maximum atomic E-state index is 5.32. The van der Waals surface area contributed by atoms with Crippen molar-refractivity contribution < 1.29 is 4.74 Å². The Bertz CT molecular complexity index is 1080. The summed E-state index contributed by atoms with van der Waals surface area (Å²) in [4.78, 5) is 9.14. The van der Waals surface area contributed by atoms with Crippen LogP contribution in [0.4, 0.5) is 5.82 Å². The summed E-state index contributed by atoms with van der Waals surface area (Å²) < 4.78 is 5.32. The van der Waals surface area contributed by atoms with Gasteiger partial charge in [0, 0.05) is 23.2 Å². The molecule has 0 saturated heterocycles. The van der Waals surface area contributed by atoms with E-state index in [1.165, 1.54) is 0 Å². The van der Waals surface area contributed by atoms with Gasteiger partial charge in [0.25, 0.3) is 0 Å². The van der Waals surface area contributed by atoms with Crippen LogP contribution in [0.2, 0.25) is 0 Å². The molecule has 2 aromatic heterocycles. The lowest BCUT2D eigenvalue weighted by Gasteiger charge is -2.10. The molecule has 0 bridgehead atoms. The number of aromatic nitrogens is 2. The van der Waals surface area contributed by atoms with Crippen molar-refractivity contribution in [3.05, 3.63) is 95.8 Å². The van der Waals surface area contributed by atoms with Gasteiger partial charge in [0.1, 0.15) is 17.3 Å². The summed E-state index contributed by atoms with van der Waals surface area (Å²) in [6, 6.07) is 23.6. The van der Waals surface area contributed by atoms with E-state index in [1.807, 2.05) is 72.8 Å². The highest BCUT2D eigenvalue weighted by molar-refractivity contribution is 6.11. The molecule has 0 aliphatic rings. The van der Waals surface area contributed by atoms with E-state index in [-0.39, 0.29) is 0 Å². The average Bonchev–Trinajstić information content (AvgIpc) is 2.75. The summed E-state index contributed by atoms with van der Waals surface area (Å²) in [5.41, 5.74) is 7.61. The summed E-state index contributed by atoms with van der Waals surface area (Å²) in [6.07, 6.45) is 1.76. The Kier molecular flexibility index (Phi) is 4.97. The number of hydrazone groups is 1. The zero-order valence-corrected chi connectivity index (χ0v) is 15.8. The van der Waals surface area contributed by atoms with Crippen LogP contribution in [-0.2, 0) is 0 Å². The molecule has 28 heavy (non-hydrogen) atoms. The van der Waals surface area contributed by atoms with E-state index in [0.29, 0.717) is 5.82 Å². The fourth-order valence-electron chi connectivity index (χ4n) is 3.05. The Balaban J connectivity index is 1.74. The third kappa shape index (κ3) is 3.69. The first-order valence-electron chi connectivity index (χ1n) is 9.00. The molecule has 0 saturated carbocycles. The predicted octanol–water partition coefficient (Wildman–Crippen LogP) is 4.81. The van der Waals surface area contributed by atoms with Gasteiger partial charge in [-0.1, -0.05) is 36.4 Å². The van der Waals surface area contributed by atoms with Crippen molar-refractivity contribution in [2.45, 2.75) is 6.92 Å². The minimum Gasteiger partial charge on any atom is -0.497 e. The zero-order chi connectivity index (χ0) is 19.3. The zero-order valence-electron chi connectivity index (χ0n) is 15.8. The second-order valence-electron chi connectivity index (χ2n) is 6.36. The van der Waals surface area contributed by atoms with Crippen molar-refractivity contribution in [3.8, 4) is 5.75 Å². The molecule has 0 atom stereocenters. The number of nitrogens with zero attached hydrogens (tertiary/aromatic N) is 3. The highest BCUT2D eigenvalue weighted by Crippen LogP contribution is 2.24. The van der Waals surface area contributed by atoms with Crippen molar-refractivity contribution in [2.24, 2.45) is 5.10 Å². The minimum absolute atomic E-state index is 0.669. The fraction of sp³-hybridized carbons (Fsp3) is 0.0870. The molecule has 4 rings (SSSR count). The number of pyridine rings is 2. The van der Waals surface area contributed by atoms with E-state index in [4.69, 9.17) is 4.74 Å². The van der Waals surface area contributed by atoms with Crippen LogP contribution in [0.3, 0.4) is 0 Å². The number of nitrogens with one attached hydrogen (secondary N) is 1. The predicted molar refractivity (Wildman–Crippen MR) is 113 cm³/mol. The van der Waals surface area contributed by atoms with Gasteiger partial charge in [-0.3, -0.25) is 10.4 Å². The monoisotopic (exact) mass is 368 g/mol. The molecule has 0 amide bonds. The van der Waals surface area contributed by atoms with Crippen molar-refractivity contribution in [2.75, 3.05) is 12.5 Å². The number of rotatable bonds is 5. The Morgan fingerprint density at radius 2 is 1.79 bits per heavy atom. The molecule has 138 valence electrons. The molecule has 2 aromatic carbocycles. The summed E-state index contributed by atoms with van der Waals surface area (Å²) in [5.74, 6) is 1.45. The van der Waals surface area contributed by atoms with Crippen LogP contribution in [0.5, 0.6) is 5.75 Å². The molecule has 0 fully saturated rings. The molecule has 5 nitrogen and oxygen atoms in total. The smallest absolute Gasteiger partial charge is 0.147 e. The van der Waals surface area contributed by atoms with Gasteiger partial charge < -0.3 is 4.74 Å². The molecule has 0 aliphatic carbocycles. The molecule has 1 N–H and O–H groups in total. The minimum atomic E-state index is 0.669. The first kappa shape index (κ1) is 17.7. The van der Waals surface area contributed by atoms with Gasteiger partial charge in [-0.05, 0) is 42.8 Å². The molecule has 0 spiro atoms. The van der Waals surface area contributed by atoms with Gasteiger partial charge in [-0.2, -0.15) is 5.10 Å². The second-order valence-corrected chi connectivity index (χ2v) is 6.36. The number of fused-ring (bicyclic) bond motifs is 1. The van der Waals surface area contributed by atoms with Crippen LogP contribution < -0.4 is 10.2 Å². The number of ether oxygens (including phenoxy) is 1. The van der Waals surface area contributed by atoms with Crippen molar-refractivity contribution in [3.63, 3.8) is 0 Å². The summed E-state index contributed by atoms with van der Waals surface area (Å²) in [5, 5.41) is 5.72. The summed E-state index contributed by atoms with van der Waals surface area (Å²) >= 11 is 0. The Morgan fingerprint density at radius 1 is 0.964 bits per heavy atom. The number of methoxy groups -OCH3 is 1. The first-order valence-corrected chi connectivity index (χ1v) is 9.00. The van der Waals surface area contributed by atoms with E-state index in [9.17, 15) is 0 Å². The Hall–Kier alpha value is -3.73. The number of anilines is 1. The third-order valence-corrected chi connectivity index (χ3v) is 4.46. The normalized spacial score (nSPS) is 11.4. The van der Waals surface area contributed by atoms with Crippen LogP contribution in [0, 0.1) is 6.92 Å². The highest BCUT2D eigenvalue weighted by atomic mass is 16.5. The Labute approximate surface area is 163 Å². The van der Waals surface area contributed by atoms with Crippen LogP contribution in [-0.4, -0.2) is 22.8 Å². The quantitative estimate of drug-likeness (QED) is 0.406. The molecule has 0 radical (unpaired) electrons. The van der Waals surface area contributed by atoms with Crippen molar-refractivity contribution in [1.82, 2.24) is 9.97 Å². The van der Waals surface area contributed by atoms with Crippen LogP contribution in [0.25, 0.3) is 10.9 Å². The maximum absolute atomic E-state index is 5.32. The topological polar surface area (TPSA) is 59.4 Å². The van der Waals surface area contributed by atoms with E-state index < -0.39 is 0 Å². The average molecular weight is 368 g/mol. The van der Waals surface area contributed by atoms with Crippen molar-refractivity contribution in [1.29, 1.82) is 0 Å². The molecule has 0 unspecified atom stereocenters. The number of hydrogen-bond donors (Lipinski definition) is 1. The van der Waals surface area contributed by atoms with Crippen molar-refractivity contribution >= 4 is 22.4 Å². The van der Waals surface area contributed by atoms with Crippen LogP contribution in [0.15, 0.2) is 84.1 Å². The molecular weight excluding hydrogens is 348 g/mol. The number of hydrogen-bond acceptors (Lipinski definition) is 5. The van der Waals surface area contributed by atoms with Gasteiger partial charge in [0.05, 0.1) is 18.3 Å². The lowest BCUT2D eigenvalue weighted by molar-refractivity contribution is 0.415.